The zero-order chi connectivity index (χ0) is 21.4. The van der Waals surface area contributed by atoms with Crippen LogP contribution in [-0.4, -0.2) is 20.6 Å². The fourth-order valence-corrected chi connectivity index (χ4v) is 7.94. The fourth-order valence-electron chi connectivity index (χ4n) is 7.94. The molecule has 162 valence electrons. The lowest BCUT2D eigenvalue weighted by Gasteiger charge is -2.57. The molecule has 4 heteroatoms. The number of imidazole rings is 1. The molecule has 6 rings (SSSR count). The van der Waals surface area contributed by atoms with Gasteiger partial charge in [0.2, 0.25) is 0 Å². The largest absolute Gasteiger partial charge is 0.481 e. The van der Waals surface area contributed by atoms with Crippen molar-refractivity contribution in [2.24, 2.45) is 34.5 Å². The van der Waals surface area contributed by atoms with Gasteiger partial charge in [0.1, 0.15) is 6.33 Å². The van der Waals surface area contributed by atoms with Crippen molar-refractivity contribution in [3.05, 3.63) is 48.3 Å². The lowest BCUT2D eigenvalue weighted by atomic mass is 9.47. The minimum atomic E-state index is -0.613. The van der Waals surface area contributed by atoms with Gasteiger partial charge < -0.3 is 9.67 Å². The van der Waals surface area contributed by atoms with E-state index in [0.717, 1.165) is 37.6 Å². The summed E-state index contributed by atoms with van der Waals surface area (Å²) in [7, 11) is 0. The van der Waals surface area contributed by atoms with Crippen LogP contribution in [0.15, 0.2) is 48.3 Å². The number of hydrogen-bond donors (Lipinski definition) is 1. The molecule has 0 spiro atoms. The molecule has 31 heavy (non-hydrogen) atoms. The first-order valence-electron chi connectivity index (χ1n) is 12.0. The van der Waals surface area contributed by atoms with E-state index in [9.17, 15) is 9.90 Å². The zero-order valence-electron chi connectivity index (χ0n) is 18.6. The number of fused-ring (bicyclic) bond motifs is 6. The Kier molecular flexibility index (Phi) is 4.10. The molecule has 1 N–H and O–H groups in total. The Morgan fingerprint density at radius 3 is 2.71 bits per heavy atom. The summed E-state index contributed by atoms with van der Waals surface area (Å²) in [6, 6.07) is 8.45. The summed E-state index contributed by atoms with van der Waals surface area (Å²) in [6.45, 7) is 4.94. The predicted molar refractivity (Wildman–Crippen MR) is 122 cm³/mol. The van der Waals surface area contributed by atoms with Crippen LogP contribution in [-0.2, 0) is 4.79 Å². The Hall–Kier alpha value is -2.36. The number of nitrogens with zero attached hydrogens (tertiary/aromatic N) is 2. The second-order valence-corrected chi connectivity index (χ2v) is 10.9. The van der Waals surface area contributed by atoms with Gasteiger partial charge in [-0.05, 0) is 80.2 Å². The van der Waals surface area contributed by atoms with Crippen molar-refractivity contribution in [3.63, 3.8) is 0 Å². The van der Waals surface area contributed by atoms with Crippen LogP contribution in [0.5, 0.6) is 0 Å². The number of carboxylic acids is 1. The van der Waals surface area contributed by atoms with Gasteiger partial charge in [0.15, 0.2) is 0 Å². The van der Waals surface area contributed by atoms with E-state index >= 15 is 0 Å². The van der Waals surface area contributed by atoms with Crippen LogP contribution in [0.25, 0.3) is 16.7 Å². The van der Waals surface area contributed by atoms with Crippen molar-refractivity contribution < 1.29 is 9.90 Å². The van der Waals surface area contributed by atoms with Crippen LogP contribution in [0.2, 0.25) is 0 Å². The highest BCUT2D eigenvalue weighted by molar-refractivity contribution is 5.80. The van der Waals surface area contributed by atoms with Crippen LogP contribution in [0.4, 0.5) is 0 Å². The Balaban J connectivity index is 1.33. The molecular weight excluding hydrogens is 384 g/mol. The number of aliphatic carboxylic acids is 1. The number of rotatable bonds is 2. The maximum absolute atomic E-state index is 11.6. The Labute approximate surface area is 184 Å². The third-order valence-corrected chi connectivity index (χ3v) is 9.71. The highest BCUT2D eigenvalue weighted by Gasteiger charge is 2.57. The van der Waals surface area contributed by atoms with E-state index in [1.807, 2.05) is 6.33 Å². The molecule has 1 aromatic heterocycles. The molecule has 4 nitrogen and oxygen atoms in total. The van der Waals surface area contributed by atoms with Gasteiger partial charge in [-0.25, -0.2) is 4.98 Å². The van der Waals surface area contributed by atoms with Crippen LogP contribution in [0, 0.1) is 34.5 Å². The van der Waals surface area contributed by atoms with Gasteiger partial charge in [-0.2, -0.15) is 0 Å². The molecule has 2 aromatic rings. The summed E-state index contributed by atoms with van der Waals surface area (Å²) in [5.41, 5.74) is 5.55. The van der Waals surface area contributed by atoms with Gasteiger partial charge in [-0.3, -0.25) is 4.79 Å². The van der Waals surface area contributed by atoms with Crippen molar-refractivity contribution in [2.45, 2.75) is 58.8 Å². The molecule has 1 heterocycles. The molecule has 1 aromatic carbocycles. The maximum atomic E-state index is 11.6. The van der Waals surface area contributed by atoms with Gasteiger partial charge in [0.05, 0.1) is 17.0 Å². The summed E-state index contributed by atoms with van der Waals surface area (Å²) in [4.78, 5) is 16.3. The van der Waals surface area contributed by atoms with E-state index in [-0.39, 0.29) is 16.7 Å². The normalized spacial score (nSPS) is 39.3. The molecule has 0 amide bonds. The molecule has 4 unspecified atom stereocenters. The first kappa shape index (κ1) is 19.3. The molecule has 4 aliphatic carbocycles. The number of para-hydroxylation sites is 2. The SMILES string of the molecule is C[C@]12CCC(C(=O)O)CC1=CCC1C2CC[C@]2(C)C(n3cnc4ccccc43)=CCC12. The number of carbonyl (C=O) groups is 1. The van der Waals surface area contributed by atoms with Crippen LogP contribution < -0.4 is 0 Å². The first-order chi connectivity index (χ1) is 14.9. The summed E-state index contributed by atoms with van der Waals surface area (Å²) < 4.78 is 2.35. The topological polar surface area (TPSA) is 55.1 Å². The molecule has 6 atom stereocenters. The van der Waals surface area contributed by atoms with Crippen LogP contribution >= 0.6 is 0 Å². The van der Waals surface area contributed by atoms with Crippen molar-refractivity contribution >= 4 is 22.7 Å². The Morgan fingerprint density at radius 2 is 1.87 bits per heavy atom. The molecule has 2 fully saturated rings. The molecule has 0 radical (unpaired) electrons. The van der Waals surface area contributed by atoms with Gasteiger partial charge in [-0.1, -0.05) is 43.7 Å². The summed E-state index contributed by atoms with van der Waals surface area (Å²) >= 11 is 0. The smallest absolute Gasteiger partial charge is 0.306 e. The number of allylic oxidation sites excluding steroid dienone is 4. The van der Waals surface area contributed by atoms with Crippen molar-refractivity contribution in [1.82, 2.24) is 9.55 Å². The van der Waals surface area contributed by atoms with E-state index in [1.54, 1.807) is 0 Å². The van der Waals surface area contributed by atoms with Crippen molar-refractivity contribution in [2.75, 3.05) is 0 Å². The van der Waals surface area contributed by atoms with Gasteiger partial charge in [0, 0.05) is 11.1 Å². The van der Waals surface area contributed by atoms with E-state index < -0.39 is 5.97 Å². The van der Waals surface area contributed by atoms with Crippen LogP contribution in [0.3, 0.4) is 0 Å². The number of benzene rings is 1. The highest BCUT2D eigenvalue weighted by atomic mass is 16.4. The third-order valence-electron chi connectivity index (χ3n) is 9.71. The van der Waals surface area contributed by atoms with Crippen LogP contribution in [0.1, 0.15) is 58.8 Å². The molecule has 4 aliphatic rings. The molecule has 0 saturated heterocycles. The fraction of sp³-hybridized carbons (Fsp3) is 0.556. The maximum Gasteiger partial charge on any atom is 0.306 e. The van der Waals surface area contributed by atoms with Gasteiger partial charge in [0.25, 0.3) is 0 Å². The average molecular weight is 417 g/mol. The first-order valence-corrected chi connectivity index (χ1v) is 12.0. The standard InChI is InChI=1S/C27H32N2O2/c1-26-13-11-17(25(30)31)15-18(26)7-8-19-20-9-10-24(27(20,2)14-12-21(19)26)29-16-28-22-5-3-4-6-23(22)29/h3-7,10,16-17,19-21H,8-9,11-15H2,1-2H3,(H,30,31)/t17?,19?,20?,21?,26-,27-/m0/s1. The van der Waals surface area contributed by atoms with Crippen molar-refractivity contribution in [1.29, 1.82) is 0 Å². The second kappa shape index (κ2) is 6.57. The van der Waals surface area contributed by atoms with E-state index in [0.29, 0.717) is 17.8 Å². The van der Waals surface area contributed by atoms with E-state index in [4.69, 9.17) is 0 Å². The lowest BCUT2D eigenvalue weighted by Crippen LogP contribution is -2.50. The summed E-state index contributed by atoms with van der Waals surface area (Å²) in [5.74, 6) is 1.25. The van der Waals surface area contributed by atoms with Gasteiger partial charge >= 0.3 is 5.97 Å². The summed E-state index contributed by atoms with van der Waals surface area (Å²) in [6.07, 6.45) is 14.3. The molecule has 0 bridgehead atoms. The van der Waals surface area contributed by atoms with E-state index in [2.05, 4.69) is 59.8 Å². The highest BCUT2D eigenvalue weighted by Crippen LogP contribution is 2.66. The van der Waals surface area contributed by atoms with E-state index in [1.165, 1.54) is 29.6 Å². The zero-order valence-corrected chi connectivity index (χ0v) is 18.6. The monoisotopic (exact) mass is 416 g/mol. The van der Waals surface area contributed by atoms with Gasteiger partial charge in [-0.15, -0.1) is 0 Å². The molecule has 0 aliphatic heterocycles. The average Bonchev–Trinajstić information content (AvgIpc) is 3.33. The minimum absolute atomic E-state index is 0.181. The second-order valence-electron chi connectivity index (χ2n) is 10.9. The predicted octanol–water partition coefficient (Wildman–Crippen LogP) is 6.15. The summed E-state index contributed by atoms with van der Waals surface area (Å²) in [5, 5.41) is 9.56. The third kappa shape index (κ3) is 2.60. The number of aromatic nitrogens is 2. The number of carboxylic acid groups (broad SMARTS) is 1. The molecule has 2 saturated carbocycles. The minimum Gasteiger partial charge on any atom is -0.481 e. The van der Waals surface area contributed by atoms with Crippen molar-refractivity contribution in [3.8, 4) is 0 Å². The number of hydrogen-bond acceptors (Lipinski definition) is 2. The Morgan fingerprint density at radius 1 is 1.06 bits per heavy atom. The lowest BCUT2D eigenvalue weighted by molar-refractivity contribution is -0.143. The molecular formula is C27H32N2O2. The quantitative estimate of drug-likeness (QED) is 0.597. The Bertz CT molecular complexity index is 1130.